The Kier molecular flexibility index (Phi) is 7.21. The van der Waals surface area contributed by atoms with Gasteiger partial charge in [-0.05, 0) is 43.7 Å². The summed E-state index contributed by atoms with van der Waals surface area (Å²) < 4.78 is 36.3. The molecule has 1 spiro atoms. The topological polar surface area (TPSA) is 171 Å². The third-order valence-corrected chi connectivity index (χ3v) is 13.8. The Hall–Kier alpha value is -2.80. The van der Waals surface area contributed by atoms with Crippen LogP contribution in [0.1, 0.15) is 85.6 Å². The zero-order chi connectivity index (χ0) is 34.1. The van der Waals surface area contributed by atoms with E-state index in [1.165, 1.54) is 13.8 Å². The van der Waals surface area contributed by atoms with Crippen LogP contribution >= 0.6 is 0 Å². The third kappa shape index (κ3) is 3.78. The fourth-order valence-corrected chi connectivity index (χ4v) is 11.5. The second-order valence-corrected chi connectivity index (χ2v) is 15.6. The SMILES string of the molecule is CCC(C)C(=O)O[C@H]1OC[C@@]23[C@H]4C(=O)[C@H](OC(C)=O)[C@@]5(C)[C@H](c6ccoc6)C[C@H]6O[C@]65[C@]4(C)[C@H](O)C[C@H]2[C@@]1(C)[C@H](OC(C)=O)C[C@@H]3O. The van der Waals surface area contributed by atoms with Gasteiger partial charge in [-0.2, -0.15) is 0 Å². The molecule has 2 bridgehead atoms. The van der Waals surface area contributed by atoms with Crippen LogP contribution in [0.15, 0.2) is 23.0 Å². The maximum absolute atomic E-state index is 15.3. The normalized spacial score (nSPS) is 49.8. The Labute approximate surface area is 273 Å². The number of furan rings is 1. The number of Topliss-reactive ketones (excluding diaryl/α,β-unsaturated/α-hetero) is 1. The number of ketones is 1. The van der Waals surface area contributed by atoms with Crippen LogP contribution in [-0.4, -0.2) is 82.9 Å². The molecule has 1 aromatic rings. The second kappa shape index (κ2) is 10.4. The van der Waals surface area contributed by atoms with Gasteiger partial charge in [0.1, 0.15) is 11.7 Å². The smallest absolute Gasteiger partial charge is 0.310 e. The molecule has 6 fully saturated rings. The third-order valence-electron chi connectivity index (χ3n) is 13.8. The summed E-state index contributed by atoms with van der Waals surface area (Å²) in [5.74, 6) is -4.62. The fourth-order valence-electron chi connectivity index (χ4n) is 11.5. The Bertz CT molecular complexity index is 1490. The van der Waals surface area contributed by atoms with Crippen LogP contribution in [0.2, 0.25) is 0 Å². The van der Waals surface area contributed by atoms with Gasteiger partial charge in [-0.1, -0.05) is 27.7 Å². The van der Waals surface area contributed by atoms with Crippen LogP contribution in [-0.2, 0) is 42.9 Å². The standard InChI is InChI=1S/C35H46O12/c1-8-16(2)29(41)46-30-31(5)21-12-22(38)33(7)27(34(21,15-43-30)23(39)13-24(31)44-17(3)36)26(40)28(45-18(4)37)32(6)20(19-9-10-42-14-19)11-25-35(32,33)47-25/h9-10,14,16,20-25,27-28,30,38-39H,8,11-13,15H2,1-7H3/t16?,20-,21-,22+,23-,24+,25+,27-,28-,30+,31-,32+,33+,34+,35+/m0/s1. The summed E-state index contributed by atoms with van der Waals surface area (Å²) in [5.41, 5.74) is -5.14. The minimum absolute atomic E-state index is 0.0479. The number of aliphatic hydroxyl groups is 2. The maximum Gasteiger partial charge on any atom is 0.310 e. The lowest BCUT2D eigenvalue weighted by atomic mass is 9.33. The van der Waals surface area contributed by atoms with Gasteiger partial charge in [-0.25, -0.2) is 0 Å². The molecule has 6 aliphatic rings. The largest absolute Gasteiger partial charge is 0.472 e. The van der Waals surface area contributed by atoms with E-state index in [1.54, 1.807) is 26.4 Å². The summed E-state index contributed by atoms with van der Waals surface area (Å²) in [4.78, 5) is 53.6. The monoisotopic (exact) mass is 658 g/mol. The van der Waals surface area contributed by atoms with Gasteiger partial charge in [0.05, 0.1) is 54.2 Å². The molecule has 12 heteroatoms. The highest BCUT2D eigenvalue weighted by atomic mass is 16.7. The summed E-state index contributed by atoms with van der Waals surface area (Å²) in [5, 5.41) is 24.7. The summed E-state index contributed by atoms with van der Waals surface area (Å²) in [6, 6.07) is 1.84. The zero-order valence-corrected chi connectivity index (χ0v) is 28.0. The number of rotatable bonds is 6. The van der Waals surface area contributed by atoms with Crippen LogP contribution < -0.4 is 0 Å². The molecule has 0 amide bonds. The van der Waals surface area contributed by atoms with Gasteiger partial charge < -0.3 is 38.3 Å². The van der Waals surface area contributed by atoms with Crippen LogP contribution in [0.25, 0.3) is 0 Å². The molecule has 2 aliphatic heterocycles. The van der Waals surface area contributed by atoms with Crippen molar-refractivity contribution >= 4 is 23.7 Å². The lowest BCUT2D eigenvalue weighted by Gasteiger charge is -2.73. The van der Waals surface area contributed by atoms with Gasteiger partial charge in [0.2, 0.25) is 6.29 Å². The van der Waals surface area contributed by atoms with E-state index in [9.17, 15) is 24.6 Å². The molecule has 12 nitrogen and oxygen atoms in total. The van der Waals surface area contributed by atoms with Gasteiger partial charge in [0.25, 0.3) is 0 Å². The van der Waals surface area contributed by atoms with Gasteiger partial charge in [-0.15, -0.1) is 0 Å². The zero-order valence-electron chi connectivity index (χ0n) is 28.0. The highest BCUT2D eigenvalue weighted by Crippen LogP contribution is 2.83. The number of hydrogen-bond acceptors (Lipinski definition) is 12. The lowest BCUT2D eigenvalue weighted by Crippen LogP contribution is -2.82. The van der Waals surface area contributed by atoms with Crippen molar-refractivity contribution in [1.29, 1.82) is 0 Å². The van der Waals surface area contributed by atoms with E-state index >= 15 is 4.79 Å². The van der Waals surface area contributed by atoms with E-state index in [0.717, 1.165) is 5.56 Å². The number of esters is 3. The molecule has 1 aromatic heterocycles. The molecular formula is C35H46O12. The molecule has 4 saturated carbocycles. The van der Waals surface area contributed by atoms with Crippen molar-refractivity contribution in [2.75, 3.05) is 6.61 Å². The quantitative estimate of drug-likeness (QED) is 0.260. The molecule has 2 N–H and O–H groups in total. The number of carbonyl (C=O) groups is 4. The molecular weight excluding hydrogens is 612 g/mol. The van der Waals surface area contributed by atoms with E-state index in [2.05, 4.69) is 0 Å². The Morgan fingerprint density at radius 1 is 1.00 bits per heavy atom. The van der Waals surface area contributed by atoms with E-state index in [0.29, 0.717) is 12.8 Å². The van der Waals surface area contributed by atoms with E-state index in [1.807, 2.05) is 26.8 Å². The first kappa shape index (κ1) is 32.7. The highest BCUT2D eigenvalue weighted by Gasteiger charge is 2.92. The Balaban J connectivity index is 1.40. The maximum atomic E-state index is 15.3. The number of epoxide rings is 1. The molecule has 0 aromatic carbocycles. The van der Waals surface area contributed by atoms with Crippen molar-refractivity contribution < 1.29 is 57.5 Å². The summed E-state index contributed by atoms with van der Waals surface area (Å²) in [6.07, 6.45) is -1.82. The van der Waals surface area contributed by atoms with E-state index < -0.39 is 99.4 Å². The Morgan fingerprint density at radius 2 is 1.70 bits per heavy atom. The molecule has 2 saturated heterocycles. The molecule has 258 valence electrons. The number of fused-ring (bicyclic) bond motifs is 1. The average Bonchev–Trinajstić information content (AvgIpc) is 3.36. The van der Waals surface area contributed by atoms with Crippen molar-refractivity contribution in [1.82, 2.24) is 0 Å². The first-order valence-corrected chi connectivity index (χ1v) is 16.8. The first-order chi connectivity index (χ1) is 22.1. The van der Waals surface area contributed by atoms with Crippen LogP contribution in [0.4, 0.5) is 0 Å². The van der Waals surface area contributed by atoms with Crippen LogP contribution in [0, 0.1) is 39.4 Å². The van der Waals surface area contributed by atoms with Crippen molar-refractivity contribution in [3.05, 3.63) is 24.2 Å². The first-order valence-electron chi connectivity index (χ1n) is 16.8. The predicted octanol–water partition coefficient (Wildman–Crippen LogP) is 3.06. The molecule has 4 aliphatic carbocycles. The van der Waals surface area contributed by atoms with Crippen LogP contribution in [0.5, 0.6) is 0 Å². The number of hydrogen-bond donors (Lipinski definition) is 2. The summed E-state index contributed by atoms with van der Waals surface area (Å²) in [7, 11) is 0. The summed E-state index contributed by atoms with van der Waals surface area (Å²) in [6.45, 7) is 11.5. The molecule has 7 rings (SSSR count). The Morgan fingerprint density at radius 3 is 2.32 bits per heavy atom. The molecule has 3 heterocycles. The van der Waals surface area contributed by atoms with E-state index in [-0.39, 0.29) is 31.5 Å². The van der Waals surface area contributed by atoms with Gasteiger partial charge in [0, 0.05) is 42.9 Å². The van der Waals surface area contributed by atoms with E-state index in [4.69, 9.17) is 28.1 Å². The molecule has 1 unspecified atom stereocenters. The van der Waals surface area contributed by atoms with Gasteiger partial charge in [0.15, 0.2) is 11.9 Å². The van der Waals surface area contributed by atoms with Crippen molar-refractivity contribution in [2.24, 2.45) is 39.4 Å². The van der Waals surface area contributed by atoms with Gasteiger partial charge in [-0.3, -0.25) is 19.2 Å². The minimum atomic E-state index is -1.32. The lowest BCUT2D eigenvalue weighted by molar-refractivity contribution is -0.374. The van der Waals surface area contributed by atoms with Crippen LogP contribution in [0.3, 0.4) is 0 Å². The number of aliphatic hydroxyl groups excluding tert-OH is 2. The average molecular weight is 659 g/mol. The predicted molar refractivity (Wildman–Crippen MR) is 160 cm³/mol. The molecule has 47 heavy (non-hydrogen) atoms. The van der Waals surface area contributed by atoms with Crippen molar-refractivity contribution in [3.8, 4) is 0 Å². The molecule has 0 radical (unpaired) electrons. The fraction of sp³-hybridized carbons (Fsp3) is 0.771. The minimum Gasteiger partial charge on any atom is -0.472 e. The number of carbonyl (C=O) groups excluding carboxylic acids is 4. The second-order valence-electron chi connectivity index (χ2n) is 15.6. The molecule has 15 atom stereocenters. The van der Waals surface area contributed by atoms with Gasteiger partial charge >= 0.3 is 17.9 Å². The summed E-state index contributed by atoms with van der Waals surface area (Å²) >= 11 is 0. The number of ether oxygens (including phenoxy) is 5. The highest BCUT2D eigenvalue weighted by molar-refractivity contribution is 5.93. The van der Waals surface area contributed by atoms with Crippen molar-refractivity contribution in [2.45, 2.75) is 122 Å². The van der Waals surface area contributed by atoms with Crippen molar-refractivity contribution in [3.63, 3.8) is 0 Å².